The third kappa shape index (κ3) is 3.82. The summed E-state index contributed by atoms with van der Waals surface area (Å²) in [5, 5.41) is 12.9. The fraction of sp³-hybridized carbons (Fsp3) is 0.917. The van der Waals surface area contributed by atoms with Crippen LogP contribution in [0.2, 0.25) is 0 Å². The first-order valence-corrected chi connectivity index (χ1v) is 5.87. The van der Waals surface area contributed by atoms with E-state index in [0.717, 1.165) is 25.8 Å². The molecule has 0 spiro atoms. The highest BCUT2D eigenvalue weighted by Gasteiger charge is 2.29. The molecular weight excluding hydrogens is 190 g/mol. The lowest BCUT2D eigenvalue weighted by Gasteiger charge is -2.28. The van der Waals surface area contributed by atoms with E-state index in [9.17, 15) is 9.90 Å². The predicted octanol–water partition coefficient (Wildman–Crippen LogP) is 1.70. The molecule has 2 N–H and O–H groups in total. The zero-order valence-electron chi connectivity index (χ0n) is 10.0. The van der Waals surface area contributed by atoms with Crippen LogP contribution in [0.15, 0.2) is 0 Å². The van der Waals surface area contributed by atoms with Crippen LogP contribution in [0.5, 0.6) is 0 Å². The van der Waals surface area contributed by atoms with Gasteiger partial charge in [0.25, 0.3) is 0 Å². The quantitative estimate of drug-likeness (QED) is 0.733. The maximum atomic E-state index is 11.7. The number of nitrogens with one attached hydrogen (secondary N) is 1. The van der Waals surface area contributed by atoms with Gasteiger partial charge in [-0.25, -0.2) is 0 Å². The van der Waals surface area contributed by atoms with Gasteiger partial charge in [0.1, 0.15) is 0 Å². The molecule has 1 rings (SSSR count). The summed E-state index contributed by atoms with van der Waals surface area (Å²) in [6, 6.07) is 0. The Balaban J connectivity index is 2.51. The van der Waals surface area contributed by atoms with Crippen molar-refractivity contribution in [3.05, 3.63) is 0 Å². The van der Waals surface area contributed by atoms with Gasteiger partial charge in [-0.05, 0) is 24.7 Å². The third-order valence-electron chi connectivity index (χ3n) is 3.16. The molecule has 1 heterocycles. The molecule has 1 fully saturated rings. The van der Waals surface area contributed by atoms with E-state index in [0.29, 0.717) is 6.42 Å². The first-order valence-electron chi connectivity index (χ1n) is 5.87. The largest absolute Gasteiger partial charge is 0.393 e. The first kappa shape index (κ1) is 12.5. The van der Waals surface area contributed by atoms with Crippen molar-refractivity contribution in [3.63, 3.8) is 0 Å². The Morgan fingerprint density at radius 1 is 1.47 bits per heavy atom. The molecule has 0 aromatic carbocycles. The van der Waals surface area contributed by atoms with Gasteiger partial charge < -0.3 is 10.4 Å². The molecule has 2 unspecified atom stereocenters. The van der Waals surface area contributed by atoms with Crippen LogP contribution in [0.4, 0.5) is 0 Å². The zero-order chi connectivity index (χ0) is 11.5. The average Bonchev–Trinajstić information content (AvgIpc) is 2.30. The summed E-state index contributed by atoms with van der Waals surface area (Å²) in [4.78, 5) is 11.7. The summed E-state index contributed by atoms with van der Waals surface area (Å²) >= 11 is 0. The topological polar surface area (TPSA) is 49.3 Å². The lowest BCUT2D eigenvalue weighted by Crippen LogP contribution is -2.35. The van der Waals surface area contributed by atoms with E-state index in [1.165, 1.54) is 0 Å². The van der Waals surface area contributed by atoms with E-state index in [-0.39, 0.29) is 17.2 Å². The van der Waals surface area contributed by atoms with Crippen molar-refractivity contribution in [1.29, 1.82) is 0 Å². The molecule has 1 saturated heterocycles. The van der Waals surface area contributed by atoms with E-state index in [2.05, 4.69) is 5.32 Å². The standard InChI is InChI=1S/C12H23NO2/c1-12(2,3)10(14)8-9-6-4-5-7-13-11(9)15/h9-10,14H,4-8H2,1-3H3,(H,13,15). The Morgan fingerprint density at radius 3 is 2.73 bits per heavy atom. The zero-order valence-corrected chi connectivity index (χ0v) is 10.0. The van der Waals surface area contributed by atoms with Crippen molar-refractivity contribution in [2.45, 2.75) is 52.6 Å². The normalized spacial score (nSPS) is 25.6. The molecule has 0 saturated carbocycles. The molecule has 0 aromatic heterocycles. The molecule has 15 heavy (non-hydrogen) atoms. The predicted molar refractivity (Wildman–Crippen MR) is 60.4 cm³/mol. The second kappa shape index (κ2) is 4.97. The molecule has 0 aliphatic carbocycles. The van der Waals surface area contributed by atoms with Gasteiger partial charge in [0.15, 0.2) is 0 Å². The van der Waals surface area contributed by atoms with Crippen LogP contribution >= 0.6 is 0 Å². The highest BCUT2D eigenvalue weighted by molar-refractivity contribution is 5.78. The summed E-state index contributed by atoms with van der Waals surface area (Å²) in [5.41, 5.74) is -0.132. The van der Waals surface area contributed by atoms with Crippen LogP contribution in [-0.4, -0.2) is 23.7 Å². The Hall–Kier alpha value is -0.570. The van der Waals surface area contributed by atoms with Crippen molar-refractivity contribution >= 4 is 5.91 Å². The second-order valence-electron chi connectivity index (χ2n) is 5.60. The summed E-state index contributed by atoms with van der Waals surface area (Å²) in [6.45, 7) is 6.81. The van der Waals surface area contributed by atoms with Crippen molar-refractivity contribution in [2.75, 3.05) is 6.54 Å². The molecule has 1 amide bonds. The Bertz CT molecular complexity index is 220. The number of amides is 1. The number of aliphatic hydroxyl groups excluding tert-OH is 1. The lowest BCUT2D eigenvalue weighted by molar-refractivity contribution is -0.126. The van der Waals surface area contributed by atoms with Gasteiger partial charge in [-0.1, -0.05) is 27.2 Å². The minimum Gasteiger partial charge on any atom is -0.393 e. The van der Waals surface area contributed by atoms with Crippen LogP contribution in [0, 0.1) is 11.3 Å². The third-order valence-corrected chi connectivity index (χ3v) is 3.16. The second-order valence-corrected chi connectivity index (χ2v) is 5.60. The van der Waals surface area contributed by atoms with Gasteiger partial charge in [0.05, 0.1) is 6.10 Å². The maximum absolute atomic E-state index is 11.7. The van der Waals surface area contributed by atoms with E-state index in [1.807, 2.05) is 20.8 Å². The number of carbonyl (C=O) groups excluding carboxylic acids is 1. The molecule has 2 atom stereocenters. The van der Waals surface area contributed by atoms with Gasteiger partial charge in [-0.2, -0.15) is 0 Å². The summed E-state index contributed by atoms with van der Waals surface area (Å²) in [7, 11) is 0. The molecule has 1 aliphatic heterocycles. The molecule has 3 heteroatoms. The number of rotatable bonds is 2. The van der Waals surface area contributed by atoms with Crippen LogP contribution in [0.1, 0.15) is 46.5 Å². The minimum atomic E-state index is -0.397. The molecule has 0 bridgehead atoms. The smallest absolute Gasteiger partial charge is 0.223 e. The number of hydrogen-bond acceptors (Lipinski definition) is 2. The highest BCUT2D eigenvalue weighted by atomic mass is 16.3. The van der Waals surface area contributed by atoms with Gasteiger partial charge in [0.2, 0.25) is 5.91 Å². The van der Waals surface area contributed by atoms with Crippen molar-refractivity contribution in [3.8, 4) is 0 Å². The number of aliphatic hydroxyl groups is 1. The fourth-order valence-corrected chi connectivity index (χ4v) is 1.85. The Kier molecular flexibility index (Phi) is 4.14. The molecule has 3 nitrogen and oxygen atoms in total. The van der Waals surface area contributed by atoms with Gasteiger partial charge in [0, 0.05) is 12.5 Å². The lowest BCUT2D eigenvalue weighted by atomic mass is 9.82. The van der Waals surface area contributed by atoms with Crippen LogP contribution < -0.4 is 5.32 Å². The van der Waals surface area contributed by atoms with Gasteiger partial charge in [-0.3, -0.25) is 4.79 Å². The maximum Gasteiger partial charge on any atom is 0.223 e. The highest BCUT2D eigenvalue weighted by Crippen LogP contribution is 2.27. The van der Waals surface area contributed by atoms with Gasteiger partial charge in [-0.15, -0.1) is 0 Å². The average molecular weight is 213 g/mol. The Morgan fingerprint density at radius 2 is 2.13 bits per heavy atom. The summed E-state index contributed by atoms with van der Waals surface area (Å²) in [5.74, 6) is 0.123. The molecule has 88 valence electrons. The number of carbonyl (C=O) groups is 1. The van der Waals surface area contributed by atoms with E-state index in [1.54, 1.807) is 0 Å². The molecular formula is C12H23NO2. The summed E-state index contributed by atoms with van der Waals surface area (Å²) < 4.78 is 0. The van der Waals surface area contributed by atoms with Crippen molar-refractivity contribution in [1.82, 2.24) is 5.32 Å². The summed E-state index contributed by atoms with van der Waals surface area (Å²) in [6.07, 6.45) is 3.26. The monoisotopic (exact) mass is 213 g/mol. The fourth-order valence-electron chi connectivity index (χ4n) is 1.85. The number of hydrogen-bond donors (Lipinski definition) is 2. The minimum absolute atomic E-state index is 0.00160. The van der Waals surface area contributed by atoms with E-state index < -0.39 is 6.10 Å². The SMILES string of the molecule is CC(C)(C)C(O)CC1CCCCNC1=O. The molecule has 0 radical (unpaired) electrons. The molecule has 1 aliphatic rings. The van der Waals surface area contributed by atoms with E-state index >= 15 is 0 Å². The van der Waals surface area contributed by atoms with E-state index in [4.69, 9.17) is 0 Å². The molecule has 0 aromatic rings. The van der Waals surface area contributed by atoms with Gasteiger partial charge >= 0.3 is 0 Å². The van der Waals surface area contributed by atoms with Crippen molar-refractivity contribution < 1.29 is 9.90 Å². The van der Waals surface area contributed by atoms with Crippen LogP contribution in [0.25, 0.3) is 0 Å². The Labute approximate surface area is 92.3 Å². The van der Waals surface area contributed by atoms with Crippen LogP contribution in [0.3, 0.4) is 0 Å². The van der Waals surface area contributed by atoms with Crippen molar-refractivity contribution in [2.24, 2.45) is 11.3 Å². The van der Waals surface area contributed by atoms with Crippen LogP contribution in [-0.2, 0) is 4.79 Å². The first-order chi connectivity index (χ1) is 6.91.